The molecular formula is C59H48N2. The van der Waals surface area contributed by atoms with Crippen LogP contribution in [-0.2, 0) is 0 Å². The van der Waals surface area contributed by atoms with Crippen LogP contribution in [0, 0.1) is 6.92 Å². The van der Waals surface area contributed by atoms with Crippen LogP contribution in [0.3, 0.4) is 0 Å². The van der Waals surface area contributed by atoms with Crippen LogP contribution in [0.1, 0.15) is 25.0 Å². The number of anilines is 6. The summed E-state index contributed by atoms with van der Waals surface area (Å²) < 4.78 is 0. The summed E-state index contributed by atoms with van der Waals surface area (Å²) in [6.07, 6.45) is 2.21. The van der Waals surface area contributed by atoms with Crippen molar-refractivity contribution in [3.8, 4) is 44.5 Å². The minimum absolute atomic E-state index is 1.09. The fourth-order valence-corrected chi connectivity index (χ4v) is 8.20. The lowest BCUT2D eigenvalue weighted by Gasteiger charge is -2.27. The van der Waals surface area contributed by atoms with Gasteiger partial charge >= 0.3 is 0 Å². The highest BCUT2D eigenvalue weighted by Crippen LogP contribution is 2.42. The standard InChI is InChI=1S/C59H48N2/c1-4-43(2)57-40-39-56(61(51-21-13-7-14-22-51)52-23-15-8-16-24-52)42-59(57)58-41-50(26-25-44(58)3)49-31-37-55(38-32-49)60(53-33-27-47(28-34-53)45-17-9-5-10-18-45)54-35-29-48(30-36-54)46-19-11-6-12-20-46/h4-42H,1-3H3/b43-4-. The quantitative estimate of drug-likeness (QED) is 0.129. The monoisotopic (exact) mass is 784 g/mol. The van der Waals surface area contributed by atoms with E-state index < -0.39 is 0 Å². The Morgan fingerprint density at radius 1 is 0.328 bits per heavy atom. The second kappa shape index (κ2) is 17.7. The van der Waals surface area contributed by atoms with Crippen LogP contribution in [-0.4, -0.2) is 0 Å². The Bertz CT molecular complexity index is 2760. The summed E-state index contributed by atoms with van der Waals surface area (Å²) in [6, 6.07) is 82.9. The second-order valence-electron chi connectivity index (χ2n) is 15.4. The molecule has 0 aliphatic heterocycles. The maximum absolute atomic E-state index is 2.37. The van der Waals surface area contributed by atoms with Gasteiger partial charge in [0.15, 0.2) is 0 Å². The summed E-state index contributed by atoms with van der Waals surface area (Å²) in [6.45, 7) is 6.55. The van der Waals surface area contributed by atoms with Gasteiger partial charge in [-0.3, -0.25) is 0 Å². The molecule has 0 aliphatic rings. The molecule has 0 amide bonds. The lowest BCUT2D eigenvalue weighted by atomic mass is 9.89. The first-order valence-corrected chi connectivity index (χ1v) is 21.0. The normalized spacial score (nSPS) is 11.3. The number of allylic oxidation sites excluding steroid dienone is 2. The zero-order valence-corrected chi connectivity index (χ0v) is 34.9. The molecule has 0 spiro atoms. The number of nitrogens with zero attached hydrogens (tertiary/aromatic N) is 2. The molecule has 0 saturated heterocycles. The highest BCUT2D eigenvalue weighted by atomic mass is 15.1. The van der Waals surface area contributed by atoms with Crippen molar-refractivity contribution < 1.29 is 0 Å². The first kappa shape index (κ1) is 38.8. The van der Waals surface area contributed by atoms with Gasteiger partial charge in [-0.15, -0.1) is 0 Å². The van der Waals surface area contributed by atoms with Gasteiger partial charge in [-0.25, -0.2) is 0 Å². The van der Waals surface area contributed by atoms with Crippen molar-refractivity contribution in [3.63, 3.8) is 0 Å². The smallest absolute Gasteiger partial charge is 0.0468 e. The molecule has 0 N–H and O–H groups in total. The molecule has 0 heterocycles. The van der Waals surface area contributed by atoms with Crippen LogP contribution in [0.2, 0.25) is 0 Å². The Balaban J connectivity index is 1.10. The average molecular weight is 785 g/mol. The van der Waals surface area contributed by atoms with Crippen LogP contribution < -0.4 is 9.80 Å². The minimum Gasteiger partial charge on any atom is -0.311 e. The number of para-hydroxylation sites is 2. The number of hydrogen-bond acceptors (Lipinski definition) is 2. The molecule has 9 aromatic rings. The molecule has 0 fully saturated rings. The van der Waals surface area contributed by atoms with Gasteiger partial charge in [0.05, 0.1) is 0 Å². The molecular weight excluding hydrogens is 737 g/mol. The SMILES string of the molecule is C/C=C(/C)c1ccc(N(c2ccccc2)c2ccccc2)cc1-c1cc(-c2ccc(N(c3ccc(-c4ccccc4)cc3)c3ccc(-c4ccccc4)cc3)cc2)ccc1C. The highest BCUT2D eigenvalue weighted by Gasteiger charge is 2.18. The van der Waals surface area contributed by atoms with Gasteiger partial charge in [0, 0.05) is 34.1 Å². The van der Waals surface area contributed by atoms with E-state index in [0.29, 0.717) is 0 Å². The number of rotatable bonds is 11. The Morgan fingerprint density at radius 2 is 0.672 bits per heavy atom. The molecule has 0 saturated carbocycles. The van der Waals surface area contributed by atoms with Gasteiger partial charge in [-0.1, -0.05) is 158 Å². The molecule has 0 unspecified atom stereocenters. The Morgan fingerprint density at radius 3 is 1.11 bits per heavy atom. The molecule has 294 valence electrons. The van der Waals surface area contributed by atoms with Crippen molar-refractivity contribution >= 4 is 39.7 Å². The molecule has 0 atom stereocenters. The van der Waals surface area contributed by atoms with Crippen molar-refractivity contribution in [2.45, 2.75) is 20.8 Å². The number of aryl methyl sites for hydroxylation is 1. The molecule has 2 nitrogen and oxygen atoms in total. The van der Waals surface area contributed by atoms with Gasteiger partial charge < -0.3 is 9.80 Å². The number of benzene rings is 9. The summed E-state index contributed by atoms with van der Waals surface area (Å²) in [5.74, 6) is 0. The van der Waals surface area contributed by atoms with E-state index in [-0.39, 0.29) is 0 Å². The van der Waals surface area contributed by atoms with Gasteiger partial charge in [-0.05, 0) is 161 Å². The van der Waals surface area contributed by atoms with Crippen LogP contribution in [0.4, 0.5) is 34.1 Å². The topological polar surface area (TPSA) is 6.48 Å². The van der Waals surface area contributed by atoms with Crippen LogP contribution >= 0.6 is 0 Å². The summed E-state index contributed by atoms with van der Waals surface area (Å²) in [5, 5.41) is 0. The third-order valence-electron chi connectivity index (χ3n) is 11.6. The average Bonchev–Trinajstić information content (AvgIpc) is 3.33. The predicted molar refractivity (Wildman–Crippen MR) is 262 cm³/mol. The fraction of sp³-hybridized carbons (Fsp3) is 0.0508. The zero-order valence-electron chi connectivity index (χ0n) is 34.9. The summed E-state index contributed by atoms with van der Waals surface area (Å²) in [5.41, 5.74) is 19.9. The van der Waals surface area contributed by atoms with Crippen molar-refractivity contribution in [2.24, 2.45) is 0 Å². The van der Waals surface area contributed by atoms with Crippen molar-refractivity contribution in [2.75, 3.05) is 9.80 Å². The molecule has 2 heteroatoms. The number of hydrogen-bond donors (Lipinski definition) is 0. The lowest BCUT2D eigenvalue weighted by Crippen LogP contribution is -2.10. The second-order valence-corrected chi connectivity index (χ2v) is 15.4. The van der Waals surface area contributed by atoms with Crippen LogP contribution in [0.15, 0.2) is 237 Å². The third-order valence-corrected chi connectivity index (χ3v) is 11.6. The van der Waals surface area contributed by atoms with E-state index >= 15 is 0 Å². The first-order chi connectivity index (χ1) is 30.0. The van der Waals surface area contributed by atoms with E-state index in [1.165, 1.54) is 61.2 Å². The maximum atomic E-state index is 2.37. The molecule has 9 rings (SSSR count). The van der Waals surface area contributed by atoms with Gasteiger partial charge in [-0.2, -0.15) is 0 Å². The van der Waals surface area contributed by atoms with Crippen molar-refractivity contribution in [1.29, 1.82) is 0 Å². The van der Waals surface area contributed by atoms with Crippen LogP contribution in [0.5, 0.6) is 0 Å². The molecule has 0 bridgehead atoms. The maximum Gasteiger partial charge on any atom is 0.0468 e. The van der Waals surface area contributed by atoms with E-state index in [2.05, 4.69) is 267 Å². The molecule has 0 aromatic heterocycles. The largest absolute Gasteiger partial charge is 0.311 e. The summed E-state index contributed by atoms with van der Waals surface area (Å²) >= 11 is 0. The molecule has 9 aromatic carbocycles. The molecule has 0 aliphatic carbocycles. The van der Waals surface area contributed by atoms with E-state index in [4.69, 9.17) is 0 Å². The Labute approximate surface area is 361 Å². The van der Waals surface area contributed by atoms with Crippen molar-refractivity contribution in [1.82, 2.24) is 0 Å². The van der Waals surface area contributed by atoms with E-state index in [9.17, 15) is 0 Å². The molecule has 61 heavy (non-hydrogen) atoms. The van der Waals surface area contributed by atoms with Gasteiger partial charge in [0.25, 0.3) is 0 Å². The third kappa shape index (κ3) is 8.30. The van der Waals surface area contributed by atoms with E-state index in [1.54, 1.807) is 0 Å². The summed E-state index contributed by atoms with van der Waals surface area (Å²) in [4.78, 5) is 4.68. The van der Waals surface area contributed by atoms with Gasteiger partial charge in [0.2, 0.25) is 0 Å². The predicted octanol–water partition coefficient (Wildman–Crippen LogP) is 17.0. The Kier molecular flexibility index (Phi) is 11.2. The zero-order chi connectivity index (χ0) is 41.5. The fourth-order valence-electron chi connectivity index (χ4n) is 8.20. The van der Waals surface area contributed by atoms with Crippen molar-refractivity contribution in [3.05, 3.63) is 248 Å². The van der Waals surface area contributed by atoms with Gasteiger partial charge in [0.1, 0.15) is 0 Å². The molecule has 0 radical (unpaired) electrons. The van der Waals surface area contributed by atoms with E-state index in [0.717, 1.165) is 34.1 Å². The lowest BCUT2D eigenvalue weighted by molar-refractivity contribution is 1.28. The summed E-state index contributed by atoms with van der Waals surface area (Å²) in [7, 11) is 0. The highest BCUT2D eigenvalue weighted by molar-refractivity contribution is 5.89. The van der Waals surface area contributed by atoms with Crippen LogP contribution in [0.25, 0.3) is 50.1 Å². The minimum atomic E-state index is 1.09. The Hall–Kier alpha value is -7.68. The first-order valence-electron chi connectivity index (χ1n) is 21.0. The van der Waals surface area contributed by atoms with E-state index in [1.807, 2.05) is 0 Å².